The van der Waals surface area contributed by atoms with Gasteiger partial charge in [-0.05, 0) is 30.7 Å². The molecule has 0 bridgehead atoms. The zero-order valence-electron chi connectivity index (χ0n) is 10.7. The predicted octanol–water partition coefficient (Wildman–Crippen LogP) is 3.43. The number of nitrogens with zero attached hydrogens (tertiary/aromatic N) is 1. The summed E-state index contributed by atoms with van der Waals surface area (Å²) in [6.07, 6.45) is 5.42. The molecule has 0 fully saturated rings. The Bertz CT molecular complexity index is 559. The smallest absolute Gasteiger partial charge is 0.339 e. The van der Waals surface area contributed by atoms with Gasteiger partial charge in [-0.2, -0.15) is 0 Å². The van der Waals surface area contributed by atoms with Gasteiger partial charge in [0, 0.05) is 6.20 Å². The second-order valence-electron chi connectivity index (χ2n) is 3.94. The molecule has 0 N–H and O–H groups in total. The summed E-state index contributed by atoms with van der Waals surface area (Å²) in [5.41, 5.74) is 2.38. The van der Waals surface area contributed by atoms with E-state index in [0.29, 0.717) is 12.2 Å². The number of rotatable bonds is 4. The van der Waals surface area contributed by atoms with Gasteiger partial charge in [-0.15, -0.1) is 0 Å². The van der Waals surface area contributed by atoms with Crippen LogP contribution >= 0.6 is 0 Å². The highest BCUT2D eigenvalue weighted by atomic mass is 16.5. The topological polar surface area (TPSA) is 39.2 Å². The van der Waals surface area contributed by atoms with E-state index in [1.165, 1.54) is 6.20 Å². The second kappa shape index (κ2) is 6.50. The van der Waals surface area contributed by atoms with Crippen molar-refractivity contribution in [3.63, 3.8) is 0 Å². The molecule has 0 aliphatic carbocycles. The third-order valence-corrected chi connectivity index (χ3v) is 2.54. The van der Waals surface area contributed by atoms with E-state index in [9.17, 15) is 4.79 Å². The summed E-state index contributed by atoms with van der Waals surface area (Å²) < 4.78 is 4.90. The number of benzene rings is 1. The van der Waals surface area contributed by atoms with Crippen LogP contribution < -0.4 is 0 Å². The molecule has 0 atom stereocenters. The van der Waals surface area contributed by atoms with Gasteiger partial charge in [0.2, 0.25) is 0 Å². The molecule has 3 nitrogen and oxygen atoms in total. The third-order valence-electron chi connectivity index (χ3n) is 2.54. The summed E-state index contributed by atoms with van der Waals surface area (Å²) >= 11 is 0. The third kappa shape index (κ3) is 3.78. The molecule has 0 unspecified atom stereocenters. The van der Waals surface area contributed by atoms with Gasteiger partial charge in [0.05, 0.1) is 17.9 Å². The van der Waals surface area contributed by atoms with Crippen molar-refractivity contribution in [2.75, 3.05) is 6.61 Å². The zero-order valence-corrected chi connectivity index (χ0v) is 10.7. The predicted molar refractivity (Wildman–Crippen MR) is 75.6 cm³/mol. The van der Waals surface area contributed by atoms with Gasteiger partial charge in [0.15, 0.2) is 0 Å². The van der Waals surface area contributed by atoms with E-state index in [-0.39, 0.29) is 5.97 Å². The first-order valence-electron chi connectivity index (χ1n) is 6.16. The molecular weight excluding hydrogens is 238 g/mol. The Balaban J connectivity index is 2.07. The molecule has 3 heteroatoms. The lowest BCUT2D eigenvalue weighted by molar-refractivity contribution is 0.0526. The number of ether oxygens (including phenoxy) is 1. The van der Waals surface area contributed by atoms with E-state index in [2.05, 4.69) is 4.98 Å². The lowest BCUT2D eigenvalue weighted by Crippen LogP contribution is -2.04. The summed E-state index contributed by atoms with van der Waals surface area (Å²) in [7, 11) is 0. The zero-order chi connectivity index (χ0) is 13.5. The highest BCUT2D eigenvalue weighted by molar-refractivity contribution is 5.89. The van der Waals surface area contributed by atoms with Crippen LogP contribution in [0.4, 0.5) is 0 Å². The maximum atomic E-state index is 11.5. The van der Waals surface area contributed by atoms with Crippen molar-refractivity contribution in [3.8, 4) is 0 Å². The molecule has 0 spiro atoms. The Labute approximate surface area is 112 Å². The quantitative estimate of drug-likeness (QED) is 0.784. The molecule has 0 saturated heterocycles. The van der Waals surface area contributed by atoms with Crippen LogP contribution in [0, 0.1) is 0 Å². The Morgan fingerprint density at radius 2 is 1.95 bits per heavy atom. The Hall–Kier alpha value is -2.42. The van der Waals surface area contributed by atoms with Crippen LogP contribution in [0.3, 0.4) is 0 Å². The molecule has 1 heterocycles. The summed E-state index contributed by atoms with van der Waals surface area (Å²) in [5.74, 6) is -0.339. The number of hydrogen-bond acceptors (Lipinski definition) is 3. The average Bonchev–Trinajstić information content (AvgIpc) is 2.47. The van der Waals surface area contributed by atoms with Crippen LogP contribution in [0.2, 0.25) is 0 Å². The Morgan fingerprint density at radius 1 is 1.16 bits per heavy atom. The number of aromatic nitrogens is 1. The molecule has 1 aromatic carbocycles. The lowest BCUT2D eigenvalue weighted by atomic mass is 10.2. The van der Waals surface area contributed by atoms with E-state index in [0.717, 1.165) is 11.3 Å². The van der Waals surface area contributed by atoms with Gasteiger partial charge >= 0.3 is 5.97 Å². The molecule has 0 aliphatic rings. The molecule has 2 aromatic rings. The van der Waals surface area contributed by atoms with Crippen molar-refractivity contribution in [1.82, 2.24) is 4.98 Å². The summed E-state index contributed by atoms with van der Waals surface area (Å²) in [5, 5.41) is 0. The Kier molecular flexibility index (Phi) is 4.45. The fourth-order valence-corrected chi connectivity index (χ4v) is 1.58. The molecule has 2 rings (SSSR count). The van der Waals surface area contributed by atoms with Crippen LogP contribution in [0.5, 0.6) is 0 Å². The van der Waals surface area contributed by atoms with Crippen molar-refractivity contribution < 1.29 is 9.53 Å². The average molecular weight is 253 g/mol. The highest BCUT2D eigenvalue weighted by Gasteiger charge is 2.05. The van der Waals surface area contributed by atoms with Gasteiger partial charge in [-0.1, -0.05) is 36.4 Å². The van der Waals surface area contributed by atoms with Gasteiger partial charge in [-0.3, -0.25) is 4.98 Å². The monoisotopic (exact) mass is 253 g/mol. The maximum absolute atomic E-state index is 11.5. The highest BCUT2D eigenvalue weighted by Crippen LogP contribution is 2.07. The number of hydrogen-bond donors (Lipinski definition) is 0. The molecule has 0 aliphatic heterocycles. The minimum atomic E-state index is -0.339. The second-order valence-corrected chi connectivity index (χ2v) is 3.94. The summed E-state index contributed by atoms with van der Waals surface area (Å²) in [6, 6.07) is 13.5. The van der Waals surface area contributed by atoms with E-state index in [4.69, 9.17) is 4.74 Å². The Morgan fingerprint density at radius 3 is 2.58 bits per heavy atom. The number of carbonyl (C=O) groups excluding carboxylic acids is 1. The van der Waals surface area contributed by atoms with Crippen LogP contribution in [0.15, 0.2) is 48.7 Å². The molecule has 0 amide bonds. The van der Waals surface area contributed by atoms with Crippen molar-refractivity contribution in [3.05, 3.63) is 65.5 Å². The standard InChI is InChI=1S/C16H15NO2/c1-2-19-16(18)14-9-11-15(17-12-14)10-8-13-6-4-3-5-7-13/h3-12H,2H2,1H3/b10-8+. The SMILES string of the molecule is CCOC(=O)c1ccc(/C=C/c2ccccc2)nc1. The number of pyridine rings is 1. The van der Waals surface area contributed by atoms with Crippen molar-refractivity contribution in [1.29, 1.82) is 0 Å². The molecule has 0 saturated carbocycles. The molecule has 0 radical (unpaired) electrons. The minimum absolute atomic E-state index is 0.339. The van der Waals surface area contributed by atoms with Crippen LogP contribution in [-0.2, 0) is 4.74 Å². The minimum Gasteiger partial charge on any atom is -0.462 e. The van der Waals surface area contributed by atoms with Crippen molar-refractivity contribution in [2.45, 2.75) is 6.92 Å². The fraction of sp³-hybridized carbons (Fsp3) is 0.125. The van der Waals surface area contributed by atoms with E-state index in [1.54, 1.807) is 19.1 Å². The van der Waals surface area contributed by atoms with E-state index < -0.39 is 0 Å². The maximum Gasteiger partial charge on any atom is 0.339 e. The summed E-state index contributed by atoms with van der Waals surface area (Å²) in [4.78, 5) is 15.7. The van der Waals surface area contributed by atoms with Gasteiger partial charge in [0.25, 0.3) is 0 Å². The molecular formula is C16H15NO2. The van der Waals surface area contributed by atoms with Gasteiger partial charge < -0.3 is 4.74 Å². The van der Waals surface area contributed by atoms with Crippen LogP contribution in [-0.4, -0.2) is 17.6 Å². The van der Waals surface area contributed by atoms with Gasteiger partial charge in [0.1, 0.15) is 0 Å². The van der Waals surface area contributed by atoms with Crippen molar-refractivity contribution in [2.24, 2.45) is 0 Å². The molecule has 1 aromatic heterocycles. The number of esters is 1. The number of carbonyl (C=O) groups is 1. The van der Waals surface area contributed by atoms with Crippen LogP contribution in [0.1, 0.15) is 28.5 Å². The molecule has 96 valence electrons. The fourth-order valence-electron chi connectivity index (χ4n) is 1.58. The van der Waals surface area contributed by atoms with Crippen LogP contribution in [0.25, 0.3) is 12.2 Å². The first-order chi connectivity index (χ1) is 9.29. The molecule has 19 heavy (non-hydrogen) atoms. The normalized spacial score (nSPS) is 10.6. The largest absolute Gasteiger partial charge is 0.462 e. The van der Waals surface area contributed by atoms with Crippen molar-refractivity contribution >= 4 is 18.1 Å². The summed E-state index contributed by atoms with van der Waals surface area (Å²) in [6.45, 7) is 2.15. The first-order valence-corrected chi connectivity index (χ1v) is 6.16. The first kappa shape index (κ1) is 13.0. The van der Waals surface area contributed by atoms with E-state index >= 15 is 0 Å². The van der Waals surface area contributed by atoms with Gasteiger partial charge in [-0.25, -0.2) is 4.79 Å². The lowest BCUT2D eigenvalue weighted by Gasteiger charge is -2.01. The van der Waals surface area contributed by atoms with E-state index in [1.807, 2.05) is 42.5 Å².